The van der Waals surface area contributed by atoms with Crippen molar-refractivity contribution in [2.75, 3.05) is 35.0 Å². The largest absolute Gasteiger partial charge is 0.496 e. The van der Waals surface area contributed by atoms with E-state index in [2.05, 4.69) is 35.8 Å². The van der Waals surface area contributed by atoms with Crippen molar-refractivity contribution < 1.29 is 18.9 Å². The van der Waals surface area contributed by atoms with Crippen molar-refractivity contribution in [2.24, 2.45) is 5.92 Å². The number of methoxy groups -OCH3 is 4. The normalized spacial score (nSPS) is 20.3. The summed E-state index contributed by atoms with van der Waals surface area (Å²) in [6.45, 7) is 2.88. The number of hydrogen-bond donors (Lipinski definition) is 0. The predicted octanol–water partition coefficient (Wildman–Crippen LogP) is 1.89. The first-order chi connectivity index (χ1) is 13.1. The maximum absolute atomic E-state index is 5.80. The minimum atomic E-state index is -0.0239. The Labute approximate surface area is 158 Å². The van der Waals surface area contributed by atoms with Crippen molar-refractivity contribution >= 4 is 5.57 Å². The summed E-state index contributed by atoms with van der Waals surface area (Å²) in [5, 5.41) is 2.14. The van der Waals surface area contributed by atoms with Gasteiger partial charge in [-0.05, 0) is 42.4 Å². The molecule has 1 aliphatic carbocycles. The summed E-state index contributed by atoms with van der Waals surface area (Å²) >= 11 is 0. The summed E-state index contributed by atoms with van der Waals surface area (Å²) in [4.78, 5) is 0. The quantitative estimate of drug-likeness (QED) is 0.763. The highest BCUT2D eigenvalue weighted by molar-refractivity contribution is 5.71. The molecule has 0 saturated carbocycles. The van der Waals surface area contributed by atoms with E-state index in [0.717, 1.165) is 45.8 Å². The lowest BCUT2D eigenvalue weighted by molar-refractivity contribution is 0.210. The van der Waals surface area contributed by atoms with Crippen molar-refractivity contribution in [2.45, 2.75) is 6.92 Å². The van der Waals surface area contributed by atoms with Crippen molar-refractivity contribution in [1.82, 2.24) is 4.58 Å². The number of benzene rings is 1. The van der Waals surface area contributed by atoms with E-state index in [1.54, 1.807) is 28.4 Å². The lowest BCUT2D eigenvalue weighted by Gasteiger charge is -2.29. The molecular formula is C22H24NO4+. The zero-order chi connectivity index (χ0) is 19.1. The molecule has 4 rings (SSSR count). The number of fused-ring (bicyclic) bond motifs is 4. The summed E-state index contributed by atoms with van der Waals surface area (Å²) in [7, 11) is 6.72. The van der Waals surface area contributed by atoms with Crippen LogP contribution in [0.25, 0.3) is 5.57 Å². The van der Waals surface area contributed by atoms with Gasteiger partial charge in [-0.15, -0.1) is 0 Å². The predicted molar refractivity (Wildman–Crippen MR) is 104 cm³/mol. The van der Waals surface area contributed by atoms with E-state index < -0.39 is 0 Å². The molecule has 1 aromatic rings. The Bertz CT molecular complexity index is 1060. The highest BCUT2D eigenvalue weighted by Gasteiger charge is 2.41. The topological polar surface area (TPSA) is 39.9 Å². The van der Waals surface area contributed by atoms with E-state index in [1.807, 2.05) is 12.1 Å². The van der Waals surface area contributed by atoms with E-state index in [9.17, 15) is 0 Å². The van der Waals surface area contributed by atoms with Gasteiger partial charge in [-0.1, -0.05) is 6.08 Å². The molecule has 140 valence electrons. The molecule has 0 N–H and O–H groups in total. The zero-order valence-corrected chi connectivity index (χ0v) is 16.3. The summed E-state index contributed by atoms with van der Waals surface area (Å²) < 4.78 is 25.0. The number of allylic oxidation sites excluding steroid dienone is 4. The van der Waals surface area contributed by atoms with Gasteiger partial charge in [-0.3, -0.25) is 0 Å². The van der Waals surface area contributed by atoms with E-state index in [1.165, 1.54) is 11.1 Å². The standard InChI is InChI=1S/C22H24NO4/c1-13-10-11-23-16(12-13)19-14(6-8-17(24-2)21(19)26-4)15-7-9-18(25-3)22(27-5)20(15)23/h6-10,12,19H,11H2,1-5H3/q+1. The van der Waals surface area contributed by atoms with Crippen molar-refractivity contribution in [3.63, 3.8) is 0 Å². The highest BCUT2D eigenvalue weighted by atomic mass is 16.5. The first-order valence-electron chi connectivity index (χ1n) is 8.92. The van der Waals surface area contributed by atoms with Crippen LogP contribution in [0.1, 0.15) is 6.92 Å². The summed E-state index contributed by atoms with van der Waals surface area (Å²) in [6.07, 6.45) is 8.50. The summed E-state index contributed by atoms with van der Waals surface area (Å²) in [6, 6.07) is 4.05. The molecule has 2 heterocycles. The molecule has 0 amide bonds. The van der Waals surface area contributed by atoms with Gasteiger partial charge in [0, 0.05) is 6.08 Å². The van der Waals surface area contributed by atoms with Gasteiger partial charge < -0.3 is 18.9 Å². The number of rotatable bonds is 4. The Morgan fingerprint density at radius 2 is 1.78 bits per heavy atom. The van der Waals surface area contributed by atoms with Crippen LogP contribution in [-0.2, 0) is 9.47 Å². The molecule has 5 heteroatoms. The molecule has 0 spiro atoms. The van der Waals surface area contributed by atoms with Gasteiger partial charge in [-0.25, -0.2) is 0 Å². The second-order valence-electron chi connectivity index (χ2n) is 6.68. The van der Waals surface area contributed by atoms with Gasteiger partial charge >= 0.3 is 0 Å². The third-order valence-corrected chi connectivity index (χ3v) is 5.35. The molecular weight excluding hydrogens is 342 g/mol. The Balaban J connectivity index is 2.16. The number of ether oxygens (including phenoxy) is 4. The lowest BCUT2D eigenvalue weighted by atomic mass is 9.83. The van der Waals surface area contributed by atoms with Crippen LogP contribution in [0.2, 0.25) is 0 Å². The number of hydrogen-bond acceptors (Lipinski definition) is 4. The van der Waals surface area contributed by atoms with Gasteiger partial charge in [0.25, 0.3) is 5.36 Å². The second kappa shape index (κ2) is 6.65. The van der Waals surface area contributed by atoms with E-state index in [0.29, 0.717) is 0 Å². The first-order valence-corrected chi connectivity index (χ1v) is 8.92. The number of nitrogens with zero attached hydrogens (tertiary/aromatic N) is 1. The average molecular weight is 366 g/mol. The van der Waals surface area contributed by atoms with Crippen molar-refractivity contribution in [3.8, 4) is 11.5 Å². The molecule has 2 aliphatic heterocycles. The average Bonchev–Trinajstić information content (AvgIpc) is 2.71. The maximum atomic E-state index is 5.80. The zero-order valence-electron chi connectivity index (χ0n) is 16.3. The smallest absolute Gasteiger partial charge is 0.259 e. The van der Waals surface area contributed by atoms with Gasteiger partial charge in [0.2, 0.25) is 5.75 Å². The molecule has 0 saturated heterocycles. The fraction of sp³-hybridized carbons (Fsp3) is 0.318. The van der Waals surface area contributed by atoms with Gasteiger partial charge in [0.05, 0.1) is 33.7 Å². The Morgan fingerprint density at radius 3 is 2.44 bits per heavy atom. The van der Waals surface area contributed by atoms with Crippen molar-refractivity contribution in [3.05, 3.63) is 69.8 Å². The van der Waals surface area contributed by atoms with Crippen LogP contribution >= 0.6 is 0 Å². The highest BCUT2D eigenvalue weighted by Crippen LogP contribution is 2.38. The third-order valence-electron chi connectivity index (χ3n) is 5.35. The summed E-state index contributed by atoms with van der Waals surface area (Å²) in [5.74, 6) is 3.02. The van der Waals surface area contributed by atoms with Crippen molar-refractivity contribution in [1.29, 1.82) is 0 Å². The molecule has 0 radical (unpaired) electrons. The molecule has 3 aliphatic rings. The molecule has 1 aromatic carbocycles. The minimum Gasteiger partial charge on any atom is -0.496 e. The van der Waals surface area contributed by atoms with E-state index >= 15 is 0 Å². The molecule has 0 fully saturated rings. The van der Waals surface area contributed by atoms with Crippen LogP contribution in [-0.4, -0.2) is 35.0 Å². The molecule has 27 heavy (non-hydrogen) atoms. The van der Waals surface area contributed by atoms with Crippen LogP contribution in [0, 0.1) is 5.92 Å². The molecule has 1 unspecified atom stereocenters. The van der Waals surface area contributed by atoms with E-state index in [4.69, 9.17) is 18.9 Å². The maximum Gasteiger partial charge on any atom is 0.259 e. The summed E-state index contributed by atoms with van der Waals surface area (Å²) in [5.41, 5.74) is 3.55. The molecule has 0 bridgehead atoms. The molecule has 0 aromatic heterocycles. The van der Waals surface area contributed by atoms with E-state index in [-0.39, 0.29) is 5.92 Å². The second-order valence-corrected chi connectivity index (χ2v) is 6.68. The van der Waals surface area contributed by atoms with Crippen LogP contribution in [0.3, 0.4) is 0 Å². The Morgan fingerprint density at radius 1 is 0.963 bits per heavy atom. The fourth-order valence-electron chi connectivity index (χ4n) is 4.14. The van der Waals surface area contributed by atoms with Gasteiger partial charge in [0.15, 0.2) is 29.5 Å². The van der Waals surface area contributed by atoms with Crippen LogP contribution < -0.4 is 24.6 Å². The fourth-order valence-corrected chi connectivity index (χ4v) is 4.14. The molecule has 1 atom stereocenters. The minimum absolute atomic E-state index is 0.0239. The van der Waals surface area contributed by atoms with Gasteiger partial charge in [-0.2, -0.15) is 4.58 Å². The first kappa shape index (κ1) is 17.5. The lowest BCUT2D eigenvalue weighted by Crippen LogP contribution is -2.49. The molecule has 5 nitrogen and oxygen atoms in total. The van der Waals surface area contributed by atoms with Gasteiger partial charge in [0.1, 0.15) is 5.92 Å². The Kier molecular flexibility index (Phi) is 4.30. The SMILES string of the molecule is COC1=C(OC)C2C3=CC(C)=CC[N+]3=c3c(OC)c(OC)ccc3=C2C=C1. The van der Waals surface area contributed by atoms with Crippen LogP contribution in [0.5, 0.6) is 11.5 Å². The van der Waals surface area contributed by atoms with Crippen LogP contribution in [0.15, 0.2) is 59.2 Å². The monoisotopic (exact) mass is 366 g/mol. The van der Waals surface area contributed by atoms with Crippen LogP contribution in [0.4, 0.5) is 0 Å². The third kappa shape index (κ3) is 2.49. The Hall–Kier alpha value is -2.95.